The van der Waals surface area contributed by atoms with Gasteiger partial charge in [0.1, 0.15) is 0 Å². The van der Waals surface area contributed by atoms with E-state index in [1.54, 1.807) is 12.1 Å². The van der Waals surface area contributed by atoms with Crippen molar-refractivity contribution in [3.05, 3.63) is 18.2 Å². The molecule has 120 valence electrons. The maximum atomic E-state index is 11.8. The molecule has 0 saturated carbocycles. The standard InChI is InChI=1S/C14H26N4O2S/c1-5-11(2)18(4)9-8-17-14-10-12(6-7-13(14)15)21(19,20)16-3/h6-7,10-11,16-17H,5,8-9,15H2,1-4H3. The van der Waals surface area contributed by atoms with Crippen molar-refractivity contribution in [1.82, 2.24) is 9.62 Å². The van der Waals surface area contributed by atoms with E-state index in [2.05, 4.69) is 35.8 Å². The van der Waals surface area contributed by atoms with Gasteiger partial charge in [0.15, 0.2) is 0 Å². The minimum atomic E-state index is -3.45. The average molecular weight is 314 g/mol. The third-order valence-corrected chi connectivity index (χ3v) is 5.14. The highest BCUT2D eigenvalue weighted by atomic mass is 32.2. The lowest BCUT2D eigenvalue weighted by molar-refractivity contribution is 0.261. The van der Waals surface area contributed by atoms with E-state index in [1.807, 2.05) is 0 Å². The summed E-state index contributed by atoms with van der Waals surface area (Å²) in [6.45, 7) is 5.89. The molecular formula is C14H26N4O2S. The molecular weight excluding hydrogens is 288 g/mol. The summed E-state index contributed by atoms with van der Waals surface area (Å²) in [5, 5.41) is 3.20. The molecule has 6 nitrogen and oxygen atoms in total. The van der Waals surface area contributed by atoms with Gasteiger partial charge in [0.05, 0.1) is 16.3 Å². The van der Waals surface area contributed by atoms with E-state index in [-0.39, 0.29) is 4.90 Å². The minimum Gasteiger partial charge on any atom is -0.397 e. The van der Waals surface area contributed by atoms with Crippen LogP contribution in [0.4, 0.5) is 11.4 Å². The number of benzene rings is 1. The van der Waals surface area contributed by atoms with Gasteiger partial charge in [-0.2, -0.15) is 0 Å². The van der Waals surface area contributed by atoms with E-state index in [4.69, 9.17) is 5.73 Å². The first kappa shape index (κ1) is 17.7. The Bertz CT molecular complexity index is 560. The number of nitrogen functional groups attached to an aromatic ring is 1. The number of nitrogens with two attached hydrogens (primary N) is 1. The molecule has 0 saturated heterocycles. The highest BCUT2D eigenvalue weighted by Gasteiger charge is 2.13. The third kappa shape index (κ3) is 4.87. The summed E-state index contributed by atoms with van der Waals surface area (Å²) in [5.74, 6) is 0. The van der Waals surface area contributed by atoms with Crippen LogP contribution in [0.5, 0.6) is 0 Å². The average Bonchev–Trinajstić information content (AvgIpc) is 2.47. The number of likely N-dealkylation sites (N-methyl/N-ethyl adjacent to an activating group) is 1. The van der Waals surface area contributed by atoms with Gasteiger partial charge in [-0.05, 0) is 45.6 Å². The van der Waals surface area contributed by atoms with Gasteiger partial charge in [-0.3, -0.25) is 0 Å². The molecule has 0 radical (unpaired) electrons. The van der Waals surface area contributed by atoms with Crippen molar-refractivity contribution in [2.24, 2.45) is 0 Å². The molecule has 4 N–H and O–H groups in total. The molecule has 1 aromatic rings. The summed E-state index contributed by atoms with van der Waals surface area (Å²) in [6.07, 6.45) is 1.09. The zero-order chi connectivity index (χ0) is 16.0. The molecule has 1 aromatic carbocycles. The van der Waals surface area contributed by atoms with Crippen LogP contribution in [-0.2, 0) is 10.0 Å². The van der Waals surface area contributed by atoms with Crippen molar-refractivity contribution in [2.45, 2.75) is 31.2 Å². The normalized spacial score (nSPS) is 13.4. The van der Waals surface area contributed by atoms with Crippen LogP contribution in [0.1, 0.15) is 20.3 Å². The lowest BCUT2D eigenvalue weighted by atomic mass is 10.2. The summed E-state index contributed by atoms with van der Waals surface area (Å²) in [5.41, 5.74) is 7.07. The Balaban J connectivity index is 2.74. The zero-order valence-electron chi connectivity index (χ0n) is 13.2. The van der Waals surface area contributed by atoms with E-state index in [0.717, 1.165) is 13.0 Å². The number of sulfonamides is 1. The molecule has 1 rings (SSSR count). The van der Waals surface area contributed by atoms with Gasteiger partial charge in [-0.25, -0.2) is 13.1 Å². The van der Waals surface area contributed by atoms with Crippen LogP contribution in [0.25, 0.3) is 0 Å². The molecule has 0 fully saturated rings. The molecule has 7 heteroatoms. The van der Waals surface area contributed by atoms with Crippen LogP contribution in [0, 0.1) is 0 Å². The Kier molecular flexibility index (Phi) is 6.44. The van der Waals surface area contributed by atoms with Crippen molar-refractivity contribution in [3.63, 3.8) is 0 Å². The molecule has 0 spiro atoms. The van der Waals surface area contributed by atoms with Crippen molar-refractivity contribution >= 4 is 21.4 Å². The van der Waals surface area contributed by atoms with Gasteiger partial charge in [-0.1, -0.05) is 6.92 Å². The van der Waals surface area contributed by atoms with E-state index < -0.39 is 10.0 Å². The molecule has 0 amide bonds. The molecule has 0 heterocycles. The zero-order valence-corrected chi connectivity index (χ0v) is 14.0. The molecule has 0 aliphatic heterocycles. The minimum absolute atomic E-state index is 0.206. The Labute approximate surface area is 127 Å². The fraction of sp³-hybridized carbons (Fsp3) is 0.571. The highest BCUT2D eigenvalue weighted by molar-refractivity contribution is 7.89. The van der Waals surface area contributed by atoms with Crippen molar-refractivity contribution in [1.29, 1.82) is 0 Å². The van der Waals surface area contributed by atoms with Crippen molar-refractivity contribution in [2.75, 3.05) is 38.2 Å². The van der Waals surface area contributed by atoms with Gasteiger partial charge >= 0.3 is 0 Å². The van der Waals surface area contributed by atoms with Crippen LogP contribution >= 0.6 is 0 Å². The maximum Gasteiger partial charge on any atom is 0.240 e. The lowest BCUT2D eigenvalue weighted by Crippen LogP contribution is -2.32. The van der Waals surface area contributed by atoms with Gasteiger partial charge < -0.3 is 16.0 Å². The molecule has 0 aliphatic rings. The van der Waals surface area contributed by atoms with Gasteiger partial charge in [0, 0.05) is 19.1 Å². The first-order valence-electron chi connectivity index (χ1n) is 7.09. The van der Waals surface area contributed by atoms with Crippen LogP contribution in [0.2, 0.25) is 0 Å². The SMILES string of the molecule is CCC(C)N(C)CCNc1cc(S(=O)(=O)NC)ccc1N. The van der Waals surface area contributed by atoms with Gasteiger partial charge in [0.25, 0.3) is 0 Å². The fourth-order valence-corrected chi connectivity index (χ4v) is 2.63. The number of nitrogens with one attached hydrogen (secondary N) is 2. The molecule has 0 aromatic heterocycles. The first-order chi connectivity index (χ1) is 9.81. The molecule has 0 bridgehead atoms. The quantitative estimate of drug-likeness (QED) is 0.630. The summed E-state index contributed by atoms with van der Waals surface area (Å²) >= 11 is 0. The van der Waals surface area contributed by atoms with Crippen LogP contribution in [-0.4, -0.2) is 46.5 Å². The number of anilines is 2. The first-order valence-corrected chi connectivity index (χ1v) is 8.57. The third-order valence-electron chi connectivity index (χ3n) is 3.73. The number of hydrogen-bond acceptors (Lipinski definition) is 5. The molecule has 1 unspecified atom stereocenters. The van der Waals surface area contributed by atoms with Gasteiger partial charge in [0.2, 0.25) is 10.0 Å². The molecule has 0 aliphatic carbocycles. The van der Waals surface area contributed by atoms with E-state index in [9.17, 15) is 8.42 Å². The predicted octanol–water partition coefficient (Wildman–Crippen LogP) is 1.32. The van der Waals surface area contributed by atoms with Gasteiger partial charge in [-0.15, -0.1) is 0 Å². The second-order valence-corrected chi connectivity index (χ2v) is 7.01. The maximum absolute atomic E-state index is 11.8. The number of hydrogen-bond donors (Lipinski definition) is 3. The van der Waals surface area contributed by atoms with Crippen molar-refractivity contribution in [3.8, 4) is 0 Å². The number of rotatable bonds is 8. The summed E-state index contributed by atoms with van der Waals surface area (Å²) < 4.78 is 25.9. The number of nitrogens with zero attached hydrogens (tertiary/aromatic N) is 1. The Morgan fingerprint density at radius 3 is 2.62 bits per heavy atom. The fourth-order valence-electron chi connectivity index (χ4n) is 1.87. The summed E-state index contributed by atoms with van der Waals surface area (Å²) in [6, 6.07) is 5.17. The Hall–Kier alpha value is -1.31. The lowest BCUT2D eigenvalue weighted by Gasteiger charge is -2.24. The van der Waals surface area contributed by atoms with Crippen molar-refractivity contribution < 1.29 is 8.42 Å². The predicted molar refractivity (Wildman–Crippen MR) is 88.0 cm³/mol. The second-order valence-electron chi connectivity index (χ2n) is 5.12. The van der Waals surface area contributed by atoms with Crippen LogP contribution < -0.4 is 15.8 Å². The second kappa shape index (κ2) is 7.63. The Morgan fingerprint density at radius 2 is 2.05 bits per heavy atom. The largest absolute Gasteiger partial charge is 0.397 e. The van der Waals surface area contributed by atoms with E-state index in [1.165, 1.54) is 13.1 Å². The van der Waals surface area contributed by atoms with Crippen LogP contribution in [0.3, 0.4) is 0 Å². The highest BCUT2D eigenvalue weighted by Crippen LogP contribution is 2.22. The summed E-state index contributed by atoms with van der Waals surface area (Å²) in [7, 11) is 0.00712. The van der Waals surface area contributed by atoms with E-state index >= 15 is 0 Å². The van der Waals surface area contributed by atoms with E-state index in [0.29, 0.717) is 24.0 Å². The smallest absolute Gasteiger partial charge is 0.240 e. The Morgan fingerprint density at radius 1 is 1.38 bits per heavy atom. The molecule has 1 atom stereocenters. The molecule has 21 heavy (non-hydrogen) atoms. The summed E-state index contributed by atoms with van der Waals surface area (Å²) in [4.78, 5) is 2.45. The van der Waals surface area contributed by atoms with Crippen LogP contribution in [0.15, 0.2) is 23.1 Å². The topological polar surface area (TPSA) is 87.5 Å². The monoisotopic (exact) mass is 314 g/mol.